The molecule has 156 valence electrons. The van der Waals surface area contributed by atoms with Crippen LogP contribution in [0.25, 0.3) is 0 Å². The van der Waals surface area contributed by atoms with Gasteiger partial charge in [0.15, 0.2) is 21.5 Å². The zero-order valence-electron chi connectivity index (χ0n) is 15.4. The standard InChI is InChI=1S/C18H15F2N5O4S/c1-30(28,29)12-4-2-3-10(7-12)16(11-5-6-13(19)14(20)8-11)23-18-22-9-15(25(26)27)17(21)24-18/h2-9,16H,1H3,(H3,21,22,23,24). The molecule has 0 aliphatic carbocycles. The number of rotatable bonds is 6. The van der Waals surface area contributed by atoms with Crippen LogP contribution in [0.3, 0.4) is 0 Å². The van der Waals surface area contributed by atoms with Crippen molar-refractivity contribution in [1.29, 1.82) is 0 Å². The van der Waals surface area contributed by atoms with Crippen LogP contribution in [-0.2, 0) is 9.84 Å². The summed E-state index contributed by atoms with van der Waals surface area (Å²) in [5, 5.41) is 13.7. The zero-order chi connectivity index (χ0) is 22.1. The molecule has 0 radical (unpaired) electrons. The maximum Gasteiger partial charge on any atom is 0.329 e. The molecule has 1 atom stereocenters. The van der Waals surface area contributed by atoms with E-state index in [0.717, 1.165) is 24.6 Å². The van der Waals surface area contributed by atoms with Crippen molar-refractivity contribution in [3.8, 4) is 0 Å². The Morgan fingerprint density at radius 1 is 1.13 bits per heavy atom. The molecule has 30 heavy (non-hydrogen) atoms. The van der Waals surface area contributed by atoms with Gasteiger partial charge in [-0.25, -0.2) is 22.2 Å². The number of anilines is 2. The van der Waals surface area contributed by atoms with Crippen LogP contribution < -0.4 is 11.1 Å². The highest BCUT2D eigenvalue weighted by Gasteiger charge is 2.21. The lowest BCUT2D eigenvalue weighted by Gasteiger charge is -2.20. The Labute approximate surface area is 169 Å². The number of hydrogen-bond donors (Lipinski definition) is 2. The Hall–Kier alpha value is -3.67. The van der Waals surface area contributed by atoms with E-state index in [1.165, 1.54) is 24.3 Å². The second kappa shape index (κ2) is 7.99. The van der Waals surface area contributed by atoms with Gasteiger partial charge in [-0.2, -0.15) is 4.98 Å². The Kier molecular flexibility index (Phi) is 5.60. The first-order chi connectivity index (χ1) is 14.1. The van der Waals surface area contributed by atoms with Gasteiger partial charge in [0.25, 0.3) is 0 Å². The van der Waals surface area contributed by atoms with E-state index in [-0.39, 0.29) is 16.4 Å². The van der Waals surface area contributed by atoms with Crippen molar-refractivity contribution in [2.75, 3.05) is 17.3 Å². The van der Waals surface area contributed by atoms with Crippen LogP contribution in [0.1, 0.15) is 17.2 Å². The Morgan fingerprint density at radius 3 is 2.43 bits per heavy atom. The predicted molar refractivity (Wildman–Crippen MR) is 104 cm³/mol. The van der Waals surface area contributed by atoms with Crippen LogP contribution in [0.2, 0.25) is 0 Å². The number of benzene rings is 2. The first-order valence-electron chi connectivity index (χ1n) is 8.34. The van der Waals surface area contributed by atoms with Crippen LogP contribution in [0.4, 0.5) is 26.2 Å². The lowest BCUT2D eigenvalue weighted by atomic mass is 9.98. The van der Waals surface area contributed by atoms with Gasteiger partial charge in [-0.15, -0.1) is 0 Å². The number of nitro groups is 1. The SMILES string of the molecule is CS(=O)(=O)c1cccc(C(Nc2ncc([N+](=O)[O-])c(N)n2)c2ccc(F)c(F)c2)c1. The monoisotopic (exact) mass is 435 g/mol. The molecule has 0 bridgehead atoms. The lowest BCUT2D eigenvalue weighted by Crippen LogP contribution is -2.16. The van der Waals surface area contributed by atoms with Gasteiger partial charge in [0, 0.05) is 6.26 Å². The summed E-state index contributed by atoms with van der Waals surface area (Å²) >= 11 is 0. The van der Waals surface area contributed by atoms with Crippen molar-refractivity contribution in [2.45, 2.75) is 10.9 Å². The van der Waals surface area contributed by atoms with Gasteiger partial charge in [0.05, 0.1) is 15.9 Å². The summed E-state index contributed by atoms with van der Waals surface area (Å²) in [4.78, 5) is 17.8. The highest BCUT2D eigenvalue weighted by atomic mass is 32.2. The summed E-state index contributed by atoms with van der Waals surface area (Å²) in [6, 6.07) is 8.07. The second-order valence-corrected chi connectivity index (χ2v) is 8.33. The molecule has 3 N–H and O–H groups in total. The average Bonchev–Trinajstić information content (AvgIpc) is 2.67. The number of sulfone groups is 1. The minimum Gasteiger partial charge on any atom is -0.378 e. The molecule has 0 saturated carbocycles. The quantitative estimate of drug-likeness (QED) is 0.445. The second-order valence-electron chi connectivity index (χ2n) is 6.32. The van der Waals surface area contributed by atoms with E-state index in [4.69, 9.17) is 5.73 Å². The molecule has 0 aliphatic rings. The number of nitrogen functional groups attached to an aromatic ring is 1. The van der Waals surface area contributed by atoms with Crippen LogP contribution in [0, 0.1) is 21.7 Å². The van der Waals surface area contributed by atoms with Crippen molar-refractivity contribution in [3.63, 3.8) is 0 Å². The van der Waals surface area contributed by atoms with Gasteiger partial charge >= 0.3 is 5.69 Å². The molecular weight excluding hydrogens is 420 g/mol. The number of halogens is 2. The van der Waals surface area contributed by atoms with Crippen molar-refractivity contribution >= 4 is 27.3 Å². The molecule has 0 spiro atoms. The van der Waals surface area contributed by atoms with Crippen LogP contribution in [0.5, 0.6) is 0 Å². The number of hydrogen-bond acceptors (Lipinski definition) is 8. The van der Waals surface area contributed by atoms with Crippen molar-refractivity contribution in [2.24, 2.45) is 0 Å². The molecule has 0 saturated heterocycles. The molecule has 3 rings (SSSR count). The number of nitrogens with one attached hydrogen (secondary N) is 1. The number of aromatic nitrogens is 2. The Balaban J connectivity index is 2.10. The van der Waals surface area contributed by atoms with Crippen molar-refractivity contribution in [1.82, 2.24) is 9.97 Å². The zero-order valence-corrected chi connectivity index (χ0v) is 16.2. The van der Waals surface area contributed by atoms with Crippen molar-refractivity contribution in [3.05, 3.63) is 81.5 Å². The van der Waals surface area contributed by atoms with Gasteiger partial charge in [-0.1, -0.05) is 18.2 Å². The first kappa shape index (κ1) is 21.0. The fourth-order valence-corrected chi connectivity index (χ4v) is 3.38. The van der Waals surface area contributed by atoms with Gasteiger partial charge < -0.3 is 11.1 Å². The van der Waals surface area contributed by atoms with Crippen LogP contribution in [0.15, 0.2) is 53.6 Å². The van der Waals surface area contributed by atoms with Crippen LogP contribution in [-0.4, -0.2) is 29.6 Å². The summed E-state index contributed by atoms with van der Waals surface area (Å²) in [5.41, 5.74) is 5.70. The molecule has 1 unspecified atom stereocenters. The summed E-state index contributed by atoms with van der Waals surface area (Å²) in [5.74, 6) is -2.69. The van der Waals surface area contributed by atoms with Gasteiger partial charge in [0.1, 0.15) is 6.20 Å². The van der Waals surface area contributed by atoms with E-state index in [1.54, 1.807) is 6.07 Å². The van der Waals surface area contributed by atoms with E-state index in [9.17, 15) is 27.3 Å². The molecule has 0 amide bonds. The third-order valence-electron chi connectivity index (χ3n) is 4.16. The smallest absolute Gasteiger partial charge is 0.329 e. The highest BCUT2D eigenvalue weighted by Crippen LogP contribution is 2.29. The molecule has 3 aromatic rings. The Morgan fingerprint density at radius 2 is 1.83 bits per heavy atom. The topological polar surface area (TPSA) is 141 Å². The maximum absolute atomic E-state index is 13.8. The molecule has 1 aromatic heterocycles. The van der Waals surface area contributed by atoms with E-state index in [0.29, 0.717) is 5.56 Å². The highest BCUT2D eigenvalue weighted by molar-refractivity contribution is 7.90. The van der Waals surface area contributed by atoms with E-state index >= 15 is 0 Å². The van der Waals surface area contributed by atoms with Gasteiger partial charge in [-0.3, -0.25) is 10.1 Å². The molecule has 1 heterocycles. The lowest BCUT2D eigenvalue weighted by molar-refractivity contribution is -0.384. The van der Waals surface area contributed by atoms with Crippen molar-refractivity contribution < 1.29 is 22.1 Å². The molecule has 9 nitrogen and oxygen atoms in total. The van der Waals surface area contributed by atoms with E-state index < -0.39 is 43.9 Å². The number of nitrogens with zero attached hydrogens (tertiary/aromatic N) is 3. The maximum atomic E-state index is 13.8. The summed E-state index contributed by atoms with van der Waals surface area (Å²) < 4.78 is 51.1. The number of nitrogens with two attached hydrogens (primary N) is 1. The fraction of sp³-hybridized carbons (Fsp3) is 0.111. The average molecular weight is 435 g/mol. The largest absolute Gasteiger partial charge is 0.378 e. The fourth-order valence-electron chi connectivity index (χ4n) is 2.70. The van der Waals surface area contributed by atoms with E-state index in [2.05, 4.69) is 15.3 Å². The normalized spacial score (nSPS) is 12.4. The minimum atomic E-state index is -3.54. The minimum absolute atomic E-state index is 0.0125. The third kappa shape index (κ3) is 4.49. The molecule has 0 fully saturated rings. The predicted octanol–water partition coefficient (Wildman–Crippen LogP) is 2.85. The molecule has 0 aliphatic heterocycles. The molecular formula is C18H15F2N5O4S. The van der Waals surface area contributed by atoms with E-state index in [1.807, 2.05) is 0 Å². The molecule has 12 heteroatoms. The van der Waals surface area contributed by atoms with Gasteiger partial charge in [0.2, 0.25) is 11.8 Å². The Bertz CT molecular complexity index is 1240. The van der Waals surface area contributed by atoms with Crippen LogP contribution >= 0.6 is 0 Å². The summed E-state index contributed by atoms with van der Waals surface area (Å²) in [6.07, 6.45) is 1.94. The summed E-state index contributed by atoms with van der Waals surface area (Å²) in [7, 11) is -3.54. The molecule has 2 aromatic carbocycles. The summed E-state index contributed by atoms with van der Waals surface area (Å²) in [6.45, 7) is 0. The van der Waals surface area contributed by atoms with Gasteiger partial charge in [-0.05, 0) is 35.4 Å². The third-order valence-corrected chi connectivity index (χ3v) is 5.27. The first-order valence-corrected chi connectivity index (χ1v) is 10.2.